The monoisotopic (exact) mass is 388 g/mol. The van der Waals surface area contributed by atoms with Crippen LogP contribution in [0.5, 0.6) is 0 Å². The molecule has 1 aromatic carbocycles. The number of nitrogens with zero attached hydrogens (tertiary/aromatic N) is 3. The average Bonchev–Trinajstić information content (AvgIpc) is 2.98. The zero-order valence-electron chi connectivity index (χ0n) is 17.1. The van der Waals surface area contributed by atoms with E-state index in [2.05, 4.69) is 48.6 Å². The number of benzene rings is 1. The van der Waals surface area contributed by atoms with Crippen molar-refractivity contribution >= 4 is 11.9 Å². The standard InChI is InChI=1S/C21H32N4O3/c1-23(2)21(17-7-5-4-6-8-17)11-9-20(10-12-21)16-25(19(28)22-20)15-18(27)24(3)13-14-26/h4-8,26H,9-16H2,1-3H3,(H,22,28)/t20-,21+. The first-order valence-corrected chi connectivity index (χ1v) is 9.97. The number of urea groups is 1. The number of carbonyl (C=O) groups excluding carboxylic acids is 2. The molecule has 2 N–H and O–H groups in total. The van der Waals surface area contributed by atoms with Crippen molar-refractivity contribution in [2.45, 2.75) is 36.8 Å². The number of likely N-dealkylation sites (N-methyl/N-ethyl adjacent to an activating group) is 1. The molecule has 2 fully saturated rings. The summed E-state index contributed by atoms with van der Waals surface area (Å²) in [6, 6.07) is 10.4. The SMILES string of the molecule is CN(CCO)C(=O)CN1C[C@]2(CC[C@](c3ccccc3)(N(C)C)CC2)NC1=O. The molecule has 7 heteroatoms. The highest BCUT2D eigenvalue weighted by Crippen LogP contribution is 2.45. The van der Waals surface area contributed by atoms with E-state index in [1.54, 1.807) is 11.9 Å². The molecule has 0 radical (unpaired) electrons. The zero-order valence-corrected chi connectivity index (χ0v) is 17.1. The summed E-state index contributed by atoms with van der Waals surface area (Å²) < 4.78 is 0. The van der Waals surface area contributed by atoms with Gasteiger partial charge in [-0.25, -0.2) is 4.79 Å². The predicted molar refractivity (Wildman–Crippen MR) is 108 cm³/mol. The van der Waals surface area contributed by atoms with Crippen LogP contribution in [0.25, 0.3) is 0 Å². The second kappa shape index (κ2) is 8.09. The van der Waals surface area contributed by atoms with Gasteiger partial charge >= 0.3 is 6.03 Å². The van der Waals surface area contributed by atoms with Gasteiger partial charge in [-0.3, -0.25) is 9.69 Å². The van der Waals surface area contributed by atoms with Gasteiger partial charge in [0.15, 0.2) is 0 Å². The molecule has 1 saturated heterocycles. The van der Waals surface area contributed by atoms with E-state index in [1.807, 2.05) is 6.07 Å². The van der Waals surface area contributed by atoms with Crippen molar-refractivity contribution in [3.63, 3.8) is 0 Å². The molecule has 1 spiro atoms. The maximum atomic E-state index is 12.5. The van der Waals surface area contributed by atoms with Crippen molar-refractivity contribution in [1.82, 2.24) is 20.0 Å². The Morgan fingerprint density at radius 3 is 2.36 bits per heavy atom. The van der Waals surface area contributed by atoms with Crippen LogP contribution in [-0.2, 0) is 10.3 Å². The molecule has 1 aliphatic carbocycles. The molecule has 3 rings (SSSR count). The Morgan fingerprint density at radius 1 is 1.14 bits per heavy atom. The van der Waals surface area contributed by atoms with Crippen molar-refractivity contribution in [2.75, 3.05) is 47.4 Å². The summed E-state index contributed by atoms with van der Waals surface area (Å²) >= 11 is 0. The quantitative estimate of drug-likeness (QED) is 0.769. The summed E-state index contributed by atoms with van der Waals surface area (Å²) in [6.07, 6.45) is 3.67. The number of hydrogen-bond donors (Lipinski definition) is 2. The Hall–Kier alpha value is -2.12. The third-order valence-electron chi connectivity index (χ3n) is 6.54. The van der Waals surface area contributed by atoms with Crippen LogP contribution in [-0.4, -0.2) is 84.7 Å². The molecule has 1 aliphatic heterocycles. The molecule has 28 heavy (non-hydrogen) atoms. The number of amides is 3. The van der Waals surface area contributed by atoms with E-state index in [-0.39, 0.29) is 42.7 Å². The van der Waals surface area contributed by atoms with Gasteiger partial charge in [0.25, 0.3) is 0 Å². The molecule has 7 nitrogen and oxygen atoms in total. The van der Waals surface area contributed by atoms with Gasteiger partial charge < -0.3 is 20.2 Å². The molecule has 0 aromatic heterocycles. The van der Waals surface area contributed by atoms with Gasteiger partial charge in [0.1, 0.15) is 6.54 Å². The Balaban J connectivity index is 1.68. The summed E-state index contributed by atoms with van der Waals surface area (Å²) in [5.41, 5.74) is 1.03. The van der Waals surface area contributed by atoms with Gasteiger partial charge in [-0.1, -0.05) is 30.3 Å². The lowest BCUT2D eigenvalue weighted by Gasteiger charge is -2.48. The number of aliphatic hydroxyl groups excluding tert-OH is 1. The molecule has 154 valence electrons. The highest BCUT2D eigenvalue weighted by atomic mass is 16.3. The number of carbonyl (C=O) groups is 2. The topological polar surface area (TPSA) is 76.1 Å². The molecular formula is C21H32N4O3. The minimum atomic E-state index is -0.263. The predicted octanol–water partition coefficient (Wildman–Crippen LogP) is 1.23. The van der Waals surface area contributed by atoms with Crippen molar-refractivity contribution in [3.05, 3.63) is 35.9 Å². The summed E-state index contributed by atoms with van der Waals surface area (Å²) in [7, 11) is 5.90. The fourth-order valence-electron chi connectivity index (χ4n) is 4.64. The van der Waals surface area contributed by atoms with Gasteiger partial charge in [-0.2, -0.15) is 0 Å². The third-order valence-corrected chi connectivity index (χ3v) is 6.54. The van der Waals surface area contributed by atoms with Gasteiger partial charge in [0.05, 0.1) is 12.1 Å². The van der Waals surface area contributed by atoms with E-state index >= 15 is 0 Å². The Bertz CT molecular complexity index is 699. The Labute approximate surface area is 167 Å². The van der Waals surface area contributed by atoms with Gasteiger partial charge in [0.2, 0.25) is 5.91 Å². The van der Waals surface area contributed by atoms with Crippen LogP contribution in [0, 0.1) is 0 Å². The van der Waals surface area contributed by atoms with E-state index in [9.17, 15) is 9.59 Å². The first kappa shape index (κ1) is 20.6. The molecule has 0 bridgehead atoms. The van der Waals surface area contributed by atoms with Crippen LogP contribution in [0.15, 0.2) is 30.3 Å². The summed E-state index contributed by atoms with van der Waals surface area (Å²) in [4.78, 5) is 30.2. The molecular weight excluding hydrogens is 356 g/mol. The first-order chi connectivity index (χ1) is 13.3. The fourth-order valence-corrected chi connectivity index (χ4v) is 4.64. The van der Waals surface area contributed by atoms with Crippen molar-refractivity contribution in [3.8, 4) is 0 Å². The largest absolute Gasteiger partial charge is 0.395 e. The second-order valence-electron chi connectivity index (χ2n) is 8.40. The van der Waals surface area contributed by atoms with Crippen molar-refractivity contribution in [2.24, 2.45) is 0 Å². The molecule has 1 aromatic rings. The van der Waals surface area contributed by atoms with Crippen LogP contribution in [0.3, 0.4) is 0 Å². The molecule has 1 saturated carbocycles. The summed E-state index contributed by atoms with van der Waals surface area (Å²) in [6.45, 7) is 0.816. The minimum absolute atomic E-state index is 0.0260. The summed E-state index contributed by atoms with van der Waals surface area (Å²) in [5.74, 6) is -0.149. The molecule has 0 atom stereocenters. The first-order valence-electron chi connectivity index (χ1n) is 9.97. The van der Waals surface area contributed by atoms with E-state index < -0.39 is 0 Å². The average molecular weight is 389 g/mol. The highest BCUT2D eigenvalue weighted by Gasteiger charge is 2.50. The highest BCUT2D eigenvalue weighted by molar-refractivity contribution is 5.85. The van der Waals surface area contributed by atoms with Gasteiger partial charge in [0, 0.05) is 25.7 Å². The lowest BCUT2D eigenvalue weighted by Crippen LogP contribution is -2.54. The van der Waals surface area contributed by atoms with Crippen LogP contribution in [0.1, 0.15) is 31.2 Å². The van der Waals surface area contributed by atoms with Gasteiger partial charge in [-0.15, -0.1) is 0 Å². The van der Waals surface area contributed by atoms with E-state index in [1.165, 1.54) is 10.5 Å². The number of rotatable bonds is 6. The van der Waals surface area contributed by atoms with Crippen LogP contribution in [0.2, 0.25) is 0 Å². The minimum Gasteiger partial charge on any atom is -0.395 e. The molecule has 1 heterocycles. The second-order valence-corrected chi connectivity index (χ2v) is 8.40. The lowest BCUT2D eigenvalue weighted by molar-refractivity contribution is -0.130. The van der Waals surface area contributed by atoms with Crippen LogP contribution < -0.4 is 5.32 Å². The fraction of sp³-hybridized carbons (Fsp3) is 0.619. The maximum absolute atomic E-state index is 12.5. The van der Waals surface area contributed by atoms with E-state index in [4.69, 9.17) is 5.11 Å². The van der Waals surface area contributed by atoms with Gasteiger partial charge in [-0.05, 0) is 45.3 Å². The van der Waals surface area contributed by atoms with E-state index in [0.717, 1.165) is 25.7 Å². The van der Waals surface area contributed by atoms with E-state index in [0.29, 0.717) is 6.54 Å². The molecule has 3 amide bonds. The van der Waals surface area contributed by atoms with Crippen molar-refractivity contribution in [1.29, 1.82) is 0 Å². The molecule has 2 aliphatic rings. The number of hydrogen-bond acceptors (Lipinski definition) is 4. The third kappa shape index (κ3) is 3.86. The lowest BCUT2D eigenvalue weighted by atomic mass is 9.69. The Morgan fingerprint density at radius 2 is 1.79 bits per heavy atom. The van der Waals surface area contributed by atoms with Crippen LogP contribution >= 0.6 is 0 Å². The number of aliphatic hydroxyl groups is 1. The van der Waals surface area contributed by atoms with Crippen LogP contribution in [0.4, 0.5) is 4.79 Å². The smallest absolute Gasteiger partial charge is 0.318 e. The van der Waals surface area contributed by atoms with Crippen molar-refractivity contribution < 1.29 is 14.7 Å². The number of nitrogens with one attached hydrogen (secondary N) is 1. The molecule has 0 unspecified atom stereocenters. The maximum Gasteiger partial charge on any atom is 0.318 e. The normalized spacial score (nSPS) is 27.3. The zero-order chi connectivity index (χ0) is 20.4. The summed E-state index contributed by atoms with van der Waals surface area (Å²) in [5, 5.41) is 12.2. The Kier molecular flexibility index (Phi) is 5.95.